The van der Waals surface area contributed by atoms with Crippen LogP contribution >= 0.6 is 0 Å². The quantitative estimate of drug-likeness (QED) is 0.594. The molecular formula is C11H11N3. The molecule has 1 aromatic rings. The van der Waals surface area contributed by atoms with Crippen LogP contribution in [-0.2, 0) is 0 Å². The van der Waals surface area contributed by atoms with Gasteiger partial charge in [0.2, 0.25) is 0 Å². The van der Waals surface area contributed by atoms with Gasteiger partial charge in [0.05, 0.1) is 5.69 Å². The second kappa shape index (κ2) is 2.61. The molecule has 0 saturated heterocycles. The van der Waals surface area contributed by atoms with E-state index in [9.17, 15) is 0 Å². The summed E-state index contributed by atoms with van der Waals surface area (Å²) in [6.45, 7) is 0. The number of nitrogens with two attached hydrogens (primary N) is 1. The molecule has 0 fully saturated rings. The van der Waals surface area contributed by atoms with Crippen molar-refractivity contribution in [1.29, 1.82) is 0 Å². The van der Waals surface area contributed by atoms with E-state index >= 15 is 0 Å². The summed E-state index contributed by atoms with van der Waals surface area (Å²) in [5, 5.41) is 5.64. The summed E-state index contributed by atoms with van der Waals surface area (Å²) in [6, 6.07) is 6.15. The predicted molar refractivity (Wildman–Crippen MR) is 57.2 cm³/mol. The number of aliphatic imine (C=N–C) groups is 1. The number of nitrogens with one attached hydrogen (secondary N) is 1. The van der Waals surface area contributed by atoms with Crippen LogP contribution in [0.4, 0.5) is 5.69 Å². The second-order valence-corrected chi connectivity index (χ2v) is 3.58. The van der Waals surface area contributed by atoms with Crippen LogP contribution < -0.4 is 21.5 Å². The molecule has 0 amide bonds. The average molecular weight is 185 g/mol. The van der Waals surface area contributed by atoms with Gasteiger partial charge in [-0.25, -0.2) is 4.99 Å². The summed E-state index contributed by atoms with van der Waals surface area (Å²) in [5.41, 5.74) is 7.90. The fraction of sp³-hybridized carbons (Fsp3) is 0.182. The van der Waals surface area contributed by atoms with E-state index in [-0.39, 0.29) is 0 Å². The minimum absolute atomic E-state index is 0.506. The molecule has 0 atom stereocenters. The molecule has 1 heterocycles. The van der Waals surface area contributed by atoms with E-state index in [2.05, 4.69) is 22.5 Å². The summed E-state index contributed by atoms with van der Waals surface area (Å²) in [7, 11) is 0. The van der Waals surface area contributed by atoms with Gasteiger partial charge in [0.25, 0.3) is 0 Å². The Balaban J connectivity index is 2.48. The Labute approximate surface area is 81.7 Å². The van der Waals surface area contributed by atoms with E-state index in [0.29, 0.717) is 5.96 Å². The van der Waals surface area contributed by atoms with E-state index in [4.69, 9.17) is 5.73 Å². The lowest BCUT2D eigenvalue weighted by molar-refractivity contribution is 0.987. The van der Waals surface area contributed by atoms with Gasteiger partial charge < -0.3 is 11.1 Å². The zero-order chi connectivity index (χ0) is 9.54. The smallest absolute Gasteiger partial charge is 0.198 e. The highest BCUT2D eigenvalue weighted by Crippen LogP contribution is 2.13. The van der Waals surface area contributed by atoms with Crippen LogP contribution in [0, 0.1) is 0 Å². The van der Waals surface area contributed by atoms with Crippen LogP contribution in [-0.4, -0.2) is 5.96 Å². The molecular weight excluding hydrogens is 174 g/mol. The van der Waals surface area contributed by atoms with E-state index in [0.717, 1.165) is 18.5 Å². The first-order valence-corrected chi connectivity index (χ1v) is 4.78. The predicted octanol–water partition coefficient (Wildman–Crippen LogP) is -0.0815. The van der Waals surface area contributed by atoms with Crippen LogP contribution in [0.15, 0.2) is 23.2 Å². The minimum atomic E-state index is 0.506. The highest BCUT2D eigenvalue weighted by atomic mass is 15.1. The summed E-state index contributed by atoms with van der Waals surface area (Å²) in [4.78, 5) is 4.28. The van der Waals surface area contributed by atoms with E-state index in [1.54, 1.807) is 0 Å². The summed E-state index contributed by atoms with van der Waals surface area (Å²) >= 11 is 0. The van der Waals surface area contributed by atoms with Crippen molar-refractivity contribution in [1.82, 2.24) is 5.32 Å². The van der Waals surface area contributed by atoms with Gasteiger partial charge in [0.1, 0.15) is 0 Å². The normalized spacial score (nSPS) is 17.7. The first-order valence-electron chi connectivity index (χ1n) is 4.78. The van der Waals surface area contributed by atoms with Crippen LogP contribution in [0.3, 0.4) is 0 Å². The Morgan fingerprint density at radius 3 is 3.21 bits per heavy atom. The van der Waals surface area contributed by atoms with Crippen molar-refractivity contribution in [3.8, 4) is 0 Å². The Morgan fingerprint density at radius 1 is 1.36 bits per heavy atom. The van der Waals surface area contributed by atoms with Crippen molar-refractivity contribution in [2.45, 2.75) is 12.8 Å². The molecule has 3 N–H and O–H groups in total. The van der Waals surface area contributed by atoms with Gasteiger partial charge in [-0.2, -0.15) is 0 Å². The van der Waals surface area contributed by atoms with Gasteiger partial charge in [-0.15, -0.1) is 0 Å². The number of benzene rings is 1. The fourth-order valence-electron chi connectivity index (χ4n) is 2.08. The van der Waals surface area contributed by atoms with Gasteiger partial charge in [-0.1, -0.05) is 18.2 Å². The molecule has 2 aliphatic rings. The van der Waals surface area contributed by atoms with Gasteiger partial charge in [-0.3, -0.25) is 0 Å². The van der Waals surface area contributed by atoms with Crippen molar-refractivity contribution in [3.63, 3.8) is 0 Å². The number of hydrogen-bond donors (Lipinski definition) is 2. The topological polar surface area (TPSA) is 50.4 Å². The number of rotatable bonds is 0. The van der Waals surface area contributed by atoms with E-state index in [1.807, 2.05) is 12.1 Å². The molecule has 1 aliphatic carbocycles. The van der Waals surface area contributed by atoms with E-state index in [1.165, 1.54) is 16.1 Å². The second-order valence-electron chi connectivity index (χ2n) is 3.58. The standard InChI is InChI=1S/C11H11N3/c12-11-13-8-5-1-3-7-4-2-6-9(14-11)10(7)8/h1,3-5H,2,6H2,(H3,12,13,14). The first kappa shape index (κ1) is 7.62. The van der Waals surface area contributed by atoms with Gasteiger partial charge in [0.15, 0.2) is 5.96 Å². The van der Waals surface area contributed by atoms with Gasteiger partial charge in [0, 0.05) is 10.9 Å². The highest BCUT2D eigenvalue weighted by molar-refractivity contribution is 5.89. The number of nitrogens with zero attached hydrogens (tertiary/aromatic N) is 1. The molecule has 0 aromatic heterocycles. The summed E-state index contributed by atoms with van der Waals surface area (Å²) in [5.74, 6) is 0.506. The lowest BCUT2D eigenvalue weighted by Crippen LogP contribution is -2.42. The molecule has 70 valence electrons. The SMILES string of the molecule is NC1=Nc2cccc3c2=C(CCC=3)N1. The zero-order valence-electron chi connectivity index (χ0n) is 7.75. The van der Waals surface area contributed by atoms with Gasteiger partial charge >= 0.3 is 0 Å². The molecule has 14 heavy (non-hydrogen) atoms. The third kappa shape index (κ3) is 0.954. The maximum atomic E-state index is 5.70. The molecule has 0 saturated carbocycles. The third-order valence-electron chi connectivity index (χ3n) is 2.65. The lowest BCUT2D eigenvalue weighted by Gasteiger charge is -2.18. The van der Waals surface area contributed by atoms with Crippen LogP contribution in [0.2, 0.25) is 0 Å². The summed E-state index contributed by atoms with van der Waals surface area (Å²) in [6.07, 6.45) is 4.35. The van der Waals surface area contributed by atoms with Crippen molar-refractivity contribution < 1.29 is 0 Å². The lowest BCUT2D eigenvalue weighted by atomic mass is 10.0. The fourth-order valence-corrected chi connectivity index (χ4v) is 2.08. The van der Waals surface area contributed by atoms with E-state index < -0.39 is 0 Å². The molecule has 0 bridgehead atoms. The highest BCUT2D eigenvalue weighted by Gasteiger charge is 2.12. The van der Waals surface area contributed by atoms with Crippen LogP contribution in [0.25, 0.3) is 11.8 Å². The molecule has 1 aliphatic heterocycles. The Morgan fingerprint density at radius 2 is 2.29 bits per heavy atom. The number of guanidine groups is 1. The van der Waals surface area contributed by atoms with Crippen molar-refractivity contribution >= 4 is 23.4 Å². The van der Waals surface area contributed by atoms with Crippen molar-refractivity contribution in [2.24, 2.45) is 10.7 Å². The van der Waals surface area contributed by atoms with Crippen molar-refractivity contribution in [3.05, 3.63) is 28.6 Å². The third-order valence-corrected chi connectivity index (χ3v) is 2.65. The number of hydrogen-bond acceptors (Lipinski definition) is 3. The van der Waals surface area contributed by atoms with Crippen LogP contribution in [0.5, 0.6) is 0 Å². The molecule has 3 heteroatoms. The Bertz CT molecular complexity index is 540. The first-order chi connectivity index (χ1) is 6.84. The molecule has 3 nitrogen and oxygen atoms in total. The maximum Gasteiger partial charge on any atom is 0.198 e. The zero-order valence-corrected chi connectivity index (χ0v) is 7.75. The minimum Gasteiger partial charge on any atom is -0.369 e. The Kier molecular flexibility index (Phi) is 1.42. The molecule has 0 spiro atoms. The molecule has 0 unspecified atom stereocenters. The van der Waals surface area contributed by atoms with Crippen LogP contribution in [0.1, 0.15) is 12.8 Å². The monoisotopic (exact) mass is 185 g/mol. The molecule has 0 radical (unpaired) electrons. The largest absolute Gasteiger partial charge is 0.369 e. The molecule has 1 aromatic carbocycles. The maximum absolute atomic E-state index is 5.70. The van der Waals surface area contributed by atoms with Crippen molar-refractivity contribution in [2.75, 3.05) is 0 Å². The summed E-state index contributed by atoms with van der Waals surface area (Å²) < 4.78 is 0. The average Bonchev–Trinajstić information content (AvgIpc) is 2.18. The molecule has 3 rings (SSSR count). The Hall–Kier alpha value is -1.77. The van der Waals surface area contributed by atoms with Gasteiger partial charge in [-0.05, 0) is 24.1 Å².